The highest BCUT2D eigenvalue weighted by atomic mass is 35.5. The first-order valence-electron chi connectivity index (χ1n) is 10.5. The second-order valence-electron chi connectivity index (χ2n) is 8.32. The standard InChI is InChI=1S/C22H28Cl2N4O/c1-4-19-15(3)25-22-27(18-10-16(23)9-17(24)11-18)12-26(13-28(22)21(19)29)20-8-6-5-7-14(20)2/h9-11,14,20H,4-8,12-13H2,1-3H3. The molecule has 2 aliphatic rings. The van der Waals surface area contributed by atoms with Gasteiger partial charge in [0.2, 0.25) is 5.95 Å². The summed E-state index contributed by atoms with van der Waals surface area (Å²) < 4.78 is 1.82. The van der Waals surface area contributed by atoms with E-state index in [0.29, 0.717) is 47.7 Å². The van der Waals surface area contributed by atoms with Crippen LogP contribution in [-0.2, 0) is 13.1 Å². The molecular formula is C22H28Cl2N4O. The van der Waals surface area contributed by atoms with Crippen LogP contribution in [0.25, 0.3) is 0 Å². The van der Waals surface area contributed by atoms with Crippen LogP contribution in [0.1, 0.15) is 50.8 Å². The molecule has 1 saturated carbocycles. The highest BCUT2D eigenvalue weighted by Gasteiger charge is 2.34. The van der Waals surface area contributed by atoms with E-state index in [9.17, 15) is 4.79 Å². The van der Waals surface area contributed by atoms with Crippen molar-refractivity contribution < 1.29 is 0 Å². The summed E-state index contributed by atoms with van der Waals surface area (Å²) in [5.74, 6) is 1.28. The summed E-state index contributed by atoms with van der Waals surface area (Å²) in [7, 11) is 0. The number of halogens is 2. The molecule has 0 N–H and O–H groups in total. The maximum atomic E-state index is 13.3. The first-order chi connectivity index (χ1) is 13.9. The lowest BCUT2D eigenvalue weighted by Gasteiger charge is -2.45. The molecule has 4 rings (SSSR count). The third kappa shape index (κ3) is 3.92. The van der Waals surface area contributed by atoms with E-state index in [-0.39, 0.29) is 5.56 Å². The summed E-state index contributed by atoms with van der Waals surface area (Å²) in [4.78, 5) is 22.6. The lowest BCUT2D eigenvalue weighted by Crippen LogP contribution is -2.53. The molecule has 5 nitrogen and oxygen atoms in total. The smallest absolute Gasteiger partial charge is 0.259 e. The van der Waals surface area contributed by atoms with Crippen molar-refractivity contribution in [1.82, 2.24) is 14.5 Å². The predicted molar refractivity (Wildman–Crippen MR) is 119 cm³/mol. The van der Waals surface area contributed by atoms with Crippen molar-refractivity contribution in [2.24, 2.45) is 5.92 Å². The minimum Gasteiger partial charge on any atom is -0.298 e. The van der Waals surface area contributed by atoms with Gasteiger partial charge in [0.1, 0.15) is 0 Å². The Morgan fingerprint density at radius 2 is 1.79 bits per heavy atom. The van der Waals surface area contributed by atoms with E-state index in [1.54, 1.807) is 6.07 Å². The summed E-state index contributed by atoms with van der Waals surface area (Å²) >= 11 is 12.6. The van der Waals surface area contributed by atoms with Crippen LogP contribution in [-0.4, -0.2) is 27.2 Å². The third-order valence-electron chi connectivity index (χ3n) is 6.38. The Morgan fingerprint density at radius 1 is 1.10 bits per heavy atom. The summed E-state index contributed by atoms with van der Waals surface area (Å²) in [6.45, 7) is 7.50. The van der Waals surface area contributed by atoms with Crippen molar-refractivity contribution in [3.8, 4) is 0 Å². The van der Waals surface area contributed by atoms with Crippen molar-refractivity contribution in [1.29, 1.82) is 0 Å². The summed E-state index contributed by atoms with van der Waals surface area (Å²) in [6, 6.07) is 5.96. The highest BCUT2D eigenvalue weighted by Crippen LogP contribution is 2.35. The van der Waals surface area contributed by atoms with Crippen LogP contribution in [0.3, 0.4) is 0 Å². The molecule has 1 aromatic carbocycles. The van der Waals surface area contributed by atoms with Crippen LogP contribution < -0.4 is 10.5 Å². The molecule has 2 heterocycles. The number of aryl methyl sites for hydroxylation is 1. The van der Waals surface area contributed by atoms with E-state index in [2.05, 4.69) is 16.7 Å². The average molecular weight is 435 g/mol. The Morgan fingerprint density at radius 3 is 2.45 bits per heavy atom. The van der Waals surface area contributed by atoms with Gasteiger partial charge in [0.15, 0.2) is 0 Å². The lowest BCUT2D eigenvalue weighted by atomic mass is 9.85. The van der Waals surface area contributed by atoms with Crippen molar-refractivity contribution in [3.05, 3.63) is 49.9 Å². The normalized spacial score (nSPS) is 22.6. The molecule has 2 aromatic rings. The zero-order valence-electron chi connectivity index (χ0n) is 17.3. The van der Waals surface area contributed by atoms with Crippen molar-refractivity contribution in [2.75, 3.05) is 11.6 Å². The Kier molecular flexibility index (Phi) is 5.92. The first kappa shape index (κ1) is 20.7. The quantitative estimate of drug-likeness (QED) is 0.650. The van der Waals surface area contributed by atoms with Gasteiger partial charge in [-0.1, -0.05) is 49.9 Å². The van der Waals surface area contributed by atoms with Crippen LogP contribution in [0.4, 0.5) is 11.6 Å². The zero-order valence-corrected chi connectivity index (χ0v) is 18.8. The van der Waals surface area contributed by atoms with E-state index in [1.165, 1.54) is 19.3 Å². The number of anilines is 2. The Balaban J connectivity index is 1.84. The average Bonchev–Trinajstić information content (AvgIpc) is 2.67. The van der Waals surface area contributed by atoms with Crippen molar-refractivity contribution in [3.63, 3.8) is 0 Å². The Labute approximate surface area is 182 Å². The van der Waals surface area contributed by atoms with Crippen LogP contribution >= 0.6 is 23.2 Å². The molecule has 1 fully saturated rings. The lowest BCUT2D eigenvalue weighted by molar-refractivity contribution is 0.0723. The van der Waals surface area contributed by atoms with E-state index in [1.807, 2.05) is 30.5 Å². The molecule has 0 saturated heterocycles. The molecule has 156 valence electrons. The van der Waals surface area contributed by atoms with Crippen LogP contribution in [0.15, 0.2) is 23.0 Å². The topological polar surface area (TPSA) is 41.4 Å². The number of rotatable bonds is 3. The second-order valence-corrected chi connectivity index (χ2v) is 9.19. The van der Waals surface area contributed by atoms with Crippen LogP contribution in [0.5, 0.6) is 0 Å². The van der Waals surface area contributed by atoms with Crippen molar-refractivity contribution in [2.45, 2.75) is 65.6 Å². The van der Waals surface area contributed by atoms with Gasteiger partial charge in [0.05, 0.1) is 13.3 Å². The summed E-state index contributed by atoms with van der Waals surface area (Å²) in [5, 5.41) is 1.15. The fourth-order valence-corrected chi connectivity index (χ4v) is 5.35. The van der Waals surface area contributed by atoms with Gasteiger partial charge in [-0.15, -0.1) is 0 Å². The van der Waals surface area contributed by atoms with E-state index in [4.69, 9.17) is 28.2 Å². The molecule has 0 radical (unpaired) electrons. The summed E-state index contributed by atoms with van der Waals surface area (Å²) in [5.41, 5.74) is 2.50. The van der Waals surface area contributed by atoms with Gasteiger partial charge >= 0.3 is 0 Å². The number of hydrogen-bond donors (Lipinski definition) is 0. The zero-order chi connectivity index (χ0) is 20.7. The largest absolute Gasteiger partial charge is 0.298 e. The monoisotopic (exact) mass is 434 g/mol. The minimum absolute atomic E-state index is 0.0567. The predicted octanol–water partition coefficient (Wildman–Crippen LogP) is 5.37. The number of fused-ring (bicyclic) bond motifs is 1. The third-order valence-corrected chi connectivity index (χ3v) is 6.82. The number of aromatic nitrogens is 2. The SMILES string of the molecule is CCc1c(C)nc2n(c1=O)CN(C1CCCCC1C)CN2c1cc(Cl)cc(Cl)c1. The molecule has 29 heavy (non-hydrogen) atoms. The van der Waals surface area contributed by atoms with Gasteiger partial charge in [-0.3, -0.25) is 19.2 Å². The highest BCUT2D eigenvalue weighted by molar-refractivity contribution is 6.35. The van der Waals surface area contributed by atoms with Gasteiger partial charge in [-0.2, -0.15) is 0 Å². The fraction of sp³-hybridized carbons (Fsp3) is 0.545. The van der Waals surface area contributed by atoms with Gasteiger partial charge in [0, 0.05) is 33.0 Å². The van der Waals surface area contributed by atoms with Crippen LogP contribution in [0.2, 0.25) is 10.0 Å². The van der Waals surface area contributed by atoms with Crippen LogP contribution in [0, 0.1) is 12.8 Å². The van der Waals surface area contributed by atoms with Gasteiger partial charge in [-0.25, -0.2) is 4.98 Å². The minimum atomic E-state index is 0.0567. The number of benzene rings is 1. The van der Waals surface area contributed by atoms with Gasteiger partial charge < -0.3 is 0 Å². The van der Waals surface area contributed by atoms with E-state index >= 15 is 0 Å². The van der Waals surface area contributed by atoms with E-state index in [0.717, 1.165) is 23.4 Å². The Bertz CT molecular complexity index is 954. The first-order valence-corrected chi connectivity index (χ1v) is 11.2. The maximum absolute atomic E-state index is 13.3. The fourth-order valence-electron chi connectivity index (χ4n) is 4.84. The molecule has 1 aromatic heterocycles. The second kappa shape index (κ2) is 8.29. The molecule has 0 spiro atoms. The molecule has 7 heteroatoms. The molecule has 0 amide bonds. The summed E-state index contributed by atoms with van der Waals surface area (Å²) in [6.07, 6.45) is 5.60. The molecule has 2 unspecified atom stereocenters. The molecule has 2 atom stereocenters. The molecule has 1 aliphatic carbocycles. The Hall–Kier alpha value is -1.56. The molecule has 1 aliphatic heterocycles. The molecular weight excluding hydrogens is 407 g/mol. The number of nitrogens with zero attached hydrogens (tertiary/aromatic N) is 4. The van der Waals surface area contributed by atoms with Gasteiger partial charge in [-0.05, 0) is 50.3 Å². The number of hydrogen-bond acceptors (Lipinski definition) is 4. The van der Waals surface area contributed by atoms with Crippen molar-refractivity contribution >= 4 is 34.8 Å². The molecule has 0 bridgehead atoms. The van der Waals surface area contributed by atoms with Gasteiger partial charge in [0.25, 0.3) is 5.56 Å². The van der Waals surface area contributed by atoms with E-state index < -0.39 is 0 Å². The maximum Gasteiger partial charge on any atom is 0.259 e.